The van der Waals surface area contributed by atoms with Crippen LogP contribution >= 0.6 is 12.4 Å². The predicted molar refractivity (Wildman–Crippen MR) is 114 cm³/mol. The van der Waals surface area contributed by atoms with Crippen LogP contribution in [-0.2, 0) is 0 Å². The van der Waals surface area contributed by atoms with Crippen LogP contribution in [0.4, 0.5) is 5.69 Å². The number of halogens is 1. The van der Waals surface area contributed by atoms with Gasteiger partial charge in [-0.2, -0.15) is 0 Å². The molecule has 0 aliphatic heterocycles. The van der Waals surface area contributed by atoms with E-state index >= 15 is 0 Å². The molecule has 3 rings (SSSR count). The van der Waals surface area contributed by atoms with Gasteiger partial charge in [0, 0.05) is 23.3 Å². The molecule has 0 atom stereocenters. The van der Waals surface area contributed by atoms with Gasteiger partial charge in [-0.15, -0.1) is 12.4 Å². The minimum Gasteiger partial charge on any atom is -0.422 e. The van der Waals surface area contributed by atoms with Gasteiger partial charge < -0.3 is 16.2 Å². The number of amidine groups is 1. The highest BCUT2D eigenvalue weighted by Crippen LogP contribution is 2.33. The summed E-state index contributed by atoms with van der Waals surface area (Å²) in [4.78, 5) is 34.6. The van der Waals surface area contributed by atoms with E-state index in [1.807, 2.05) is 0 Å². The van der Waals surface area contributed by atoms with E-state index in [2.05, 4.69) is 0 Å². The van der Waals surface area contributed by atoms with E-state index in [4.69, 9.17) is 21.6 Å². The number of amides is 1. The molecule has 10 heteroatoms. The quantitative estimate of drug-likeness (QED) is 0.141. The maximum absolute atomic E-state index is 12.5. The van der Waals surface area contributed by atoms with E-state index in [0.29, 0.717) is 21.9 Å². The zero-order valence-electron chi connectivity index (χ0n) is 15.7. The highest BCUT2D eigenvalue weighted by atomic mass is 35.5. The van der Waals surface area contributed by atoms with Crippen molar-refractivity contribution in [2.45, 2.75) is 6.92 Å². The summed E-state index contributed by atoms with van der Waals surface area (Å²) in [5.74, 6) is -1.71. The van der Waals surface area contributed by atoms with Crippen LogP contribution in [0.3, 0.4) is 0 Å². The van der Waals surface area contributed by atoms with Gasteiger partial charge in [0.15, 0.2) is 0 Å². The van der Waals surface area contributed by atoms with Gasteiger partial charge in [-0.3, -0.25) is 20.3 Å². The zero-order valence-corrected chi connectivity index (χ0v) is 16.5. The second-order valence-electron chi connectivity index (χ2n) is 6.29. The number of primary amides is 1. The number of nitro benzene ring substituents is 1. The molecule has 3 aromatic rings. The number of benzene rings is 3. The molecule has 3 aromatic carbocycles. The van der Waals surface area contributed by atoms with E-state index in [-0.39, 0.29) is 40.8 Å². The van der Waals surface area contributed by atoms with Crippen molar-refractivity contribution >= 4 is 46.6 Å². The number of carbonyl (C=O) groups excluding carboxylic acids is 2. The largest absolute Gasteiger partial charge is 0.422 e. The molecule has 5 N–H and O–H groups in total. The summed E-state index contributed by atoms with van der Waals surface area (Å²) < 4.78 is 5.43. The lowest BCUT2D eigenvalue weighted by molar-refractivity contribution is -0.384. The van der Waals surface area contributed by atoms with Crippen molar-refractivity contribution in [2.75, 3.05) is 0 Å². The molecule has 0 unspecified atom stereocenters. The number of rotatable bonds is 5. The van der Waals surface area contributed by atoms with E-state index in [9.17, 15) is 19.7 Å². The number of ether oxygens (including phenoxy) is 1. The maximum atomic E-state index is 12.5. The van der Waals surface area contributed by atoms with Crippen LogP contribution in [-0.4, -0.2) is 22.6 Å². The van der Waals surface area contributed by atoms with Crippen LogP contribution in [0.25, 0.3) is 10.8 Å². The molecule has 0 spiro atoms. The Morgan fingerprint density at radius 3 is 2.17 bits per heavy atom. The molecule has 0 radical (unpaired) electrons. The number of hydrogen-bond acceptors (Lipinski definition) is 6. The van der Waals surface area contributed by atoms with Crippen LogP contribution in [0.5, 0.6) is 5.75 Å². The summed E-state index contributed by atoms with van der Waals surface area (Å²) in [6.07, 6.45) is 0. The van der Waals surface area contributed by atoms with Crippen LogP contribution in [0.1, 0.15) is 31.8 Å². The lowest BCUT2D eigenvalue weighted by Crippen LogP contribution is -2.17. The van der Waals surface area contributed by atoms with E-state index < -0.39 is 16.8 Å². The van der Waals surface area contributed by atoms with Crippen molar-refractivity contribution in [3.8, 4) is 5.75 Å². The monoisotopic (exact) mass is 428 g/mol. The summed E-state index contributed by atoms with van der Waals surface area (Å²) >= 11 is 0. The van der Waals surface area contributed by atoms with Crippen LogP contribution in [0, 0.1) is 22.4 Å². The molecule has 0 bridgehead atoms. The number of aryl methyl sites for hydroxylation is 1. The summed E-state index contributed by atoms with van der Waals surface area (Å²) in [5, 5.41) is 19.6. The fraction of sp³-hybridized carbons (Fsp3) is 0.0500. The predicted octanol–water partition coefficient (Wildman–Crippen LogP) is 3.08. The number of hydrogen-bond donors (Lipinski definition) is 3. The Kier molecular flexibility index (Phi) is 6.38. The molecule has 154 valence electrons. The zero-order chi connectivity index (χ0) is 21.3. The second-order valence-corrected chi connectivity index (χ2v) is 6.29. The third-order valence-corrected chi connectivity index (χ3v) is 4.43. The van der Waals surface area contributed by atoms with Crippen molar-refractivity contribution in [1.29, 1.82) is 5.41 Å². The summed E-state index contributed by atoms with van der Waals surface area (Å²) in [6, 6.07) is 11.3. The summed E-state index contributed by atoms with van der Waals surface area (Å²) in [5.41, 5.74) is 11.9. The fourth-order valence-corrected chi connectivity index (χ4v) is 2.92. The third-order valence-electron chi connectivity index (χ3n) is 4.43. The summed E-state index contributed by atoms with van der Waals surface area (Å²) in [6.45, 7) is 1.67. The Labute approximate surface area is 176 Å². The Morgan fingerprint density at radius 2 is 1.63 bits per heavy atom. The van der Waals surface area contributed by atoms with Gasteiger partial charge in [0.05, 0.1) is 16.1 Å². The van der Waals surface area contributed by atoms with Crippen molar-refractivity contribution in [3.05, 3.63) is 80.9 Å². The Balaban J connectivity index is 0.00000320. The molecule has 0 aliphatic rings. The first-order valence-corrected chi connectivity index (χ1v) is 8.37. The summed E-state index contributed by atoms with van der Waals surface area (Å²) in [7, 11) is 0. The number of nitrogens with two attached hydrogens (primary N) is 2. The van der Waals surface area contributed by atoms with E-state index in [1.165, 1.54) is 30.3 Å². The van der Waals surface area contributed by atoms with Crippen molar-refractivity contribution in [1.82, 2.24) is 0 Å². The maximum Gasteiger partial charge on any atom is 0.343 e. The normalized spacial score (nSPS) is 10.2. The smallest absolute Gasteiger partial charge is 0.343 e. The van der Waals surface area contributed by atoms with Gasteiger partial charge in [-0.05, 0) is 42.0 Å². The number of non-ortho nitro benzene ring substituents is 1. The van der Waals surface area contributed by atoms with Crippen LogP contribution < -0.4 is 16.2 Å². The fourth-order valence-electron chi connectivity index (χ4n) is 2.92. The number of nitrogen functional groups attached to an aromatic ring is 1. The average molecular weight is 429 g/mol. The lowest BCUT2D eigenvalue weighted by Gasteiger charge is -2.14. The van der Waals surface area contributed by atoms with Crippen molar-refractivity contribution < 1.29 is 19.2 Å². The Morgan fingerprint density at radius 1 is 1.03 bits per heavy atom. The number of nitro groups is 1. The topological polar surface area (TPSA) is 162 Å². The second kappa shape index (κ2) is 8.58. The first kappa shape index (κ1) is 22.3. The van der Waals surface area contributed by atoms with Gasteiger partial charge in [0.2, 0.25) is 0 Å². The first-order chi connectivity index (χ1) is 13.7. The van der Waals surface area contributed by atoms with E-state index in [0.717, 1.165) is 0 Å². The number of fused-ring (bicyclic) bond motifs is 1. The van der Waals surface area contributed by atoms with Gasteiger partial charge in [-0.25, -0.2) is 4.79 Å². The molecule has 0 saturated heterocycles. The van der Waals surface area contributed by atoms with E-state index in [1.54, 1.807) is 25.1 Å². The molecule has 9 nitrogen and oxygen atoms in total. The molecule has 0 fully saturated rings. The van der Waals surface area contributed by atoms with Crippen molar-refractivity contribution in [2.24, 2.45) is 11.5 Å². The van der Waals surface area contributed by atoms with Gasteiger partial charge >= 0.3 is 5.97 Å². The minimum absolute atomic E-state index is 0. The van der Waals surface area contributed by atoms with Gasteiger partial charge in [-0.1, -0.05) is 12.1 Å². The van der Waals surface area contributed by atoms with Gasteiger partial charge in [0.1, 0.15) is 11.6 Å². The standard InChI is InChI=1S/C20H16N4O5.ClH/c1-10-15-7-4-12(18(21)22)8-13(15)9-16(19(23)25)17(10)29-20(26)11-2-5-14(6-3-11)24(27)28;/h2-9H,1H3,(H3,21,22)(H2,23,25);1H. The van der Waals surface area contributed by atoms with Gasteiger partial charge in [0.25, 0.3) is 11.6 Å². The van der Waals surface area contributed by atoms with Crippen molar-refractivity contribution in [3.63, 3.8) is 0 Å². The lowest BCUT2D eigenvalue weighted by atomic mass is 9.97. The highest BCUT2D eigenvalue weighted by molar-refractivity contribution is 6.06. The van der Waals surface area contributed by atoms with Crippen LogP contribution in [0.2, 0.25) is 0 Å². The first-order valence-electron chi connectivity index (χ1n) is 8.37. The number of nitrogens with one attached hydrogen (secondary N) is 1. The molecule has 1 amide bonds. The SMILES string of the molecule is Cc1c(OC(=O)c2ccc([N+](=O)[O-])cc2)c(C(N)=O)cc2cc(C(=N)N)ccc12.Cl. The third kappa shape index (κ3) is 4.20. The molecule has 0 heterocycles. The Hall–Kier alpha value is -3.98. The molecule has 0 saturated carbocycles. The molecular weight excluding hydrogens is 412 g/mol. The minimum atomic E-state index is -0.797. The number of carbonyl (C=O) groups is 2. The van der Waals surface area contributed by atoms with Crippen LogP contribution in [0.15, 0.2) is 48.5 Å². The number of nitrogens with zero attached hydrogens (tertiary/aromatic N) is 1. The Bertz CT molecular complexity index is 1190. The molecule has 30 heavy (non-hydrogen) atoms. The molecular formula is C20H17ClN4O5. The average Bonchev–Trinajstić information content (AvgIpc) is 2.69. The molecule has 0 aliphatic carbocycles. The highest BCUT2D eigenvalue weighted by Gasteiger charge is 2.20. The number of esters is 1. The molecule has 0 aromatic heterocycles.